The van der Waals surface area contributed by atoms with E-state index in [0.29, 0.717) is 38.0 Å². The Morgan fingerprint density at radius 3 is 2.51 bits per heavy atom. The standard InChI is InChI=1S/C25H33ClF3N3O3/c1-17(25(27,28)29)35-23(33)30-12-9-24(10-13-30)8-3-11-31(24)14-18-4-2-5-21(22(18)26)32-19-6-7-20(32)16-34-15-19/h2,4-5,17,19-20H,3,6-16H2,1H3. The lowest BCUT2D eigenvalue weighted by atomic mass is 9.85. The molecule has 1 aromatic carbocycles. The van der Waals surface area contributed by atoms with Crippen LogP contribution in [0.15, 0.2) is 18.2 Å². The summed E-state index contributed by atoms with van der Waals surface area (Å²) in [6.07, 6.45) is -1.79. The Kier molecular flexibility index (Phi) is 6.87. The Morgan fingerprint density at radius 2 is 1.86 bits per heavy atom. The summed E-state index contributed by atoms with van der Waals surface area (Å²) in [6.45, 7) is 4.80. The molecule has 0 saturated carbocycles. The maximum absolute atomic E-state index is 12.8. The summed E-state index contributed by atoms with van der Waals surface area (Å²) in [6, 6.07) is 7.03. The van der Waals surface area contributed by atoms with E-state index >= 15 is 0 Å². The second kappa shape index (κ2) is 9.63. The molecular weight excluding hydrogens is 483 g/mol. The molecule has 4 fully saturated rings. The van der Waals surface area contributed by atoms with E-state index in [0.717, 1.165) is 75.2 Å². The highest BCUT2D eigenvalue weighted by atomic mass is 35.5. The Bertz CT molecular complexity index is 922. The third kappa shape index (κ3) is 4.83. The number of fused-ring (bicyclic) bond motifs is 2. The van der Waals surface area contributed by atoms with Crippen molar-refractivity contribution in [3.8, 4) is 0 Å². The number of ether oxygens (including phenoxy) is 2. The second-order valence-corrected chi connectivity index (χ2v) is 10.8. The van der Waals surface area contributed by atoms with Crippen molar-refractivity contribution in [2.45, 2.75) is 81.9 Å². The Hall–Kier alpha value is -1.71. The van der Waals surface area contributed by atoms with Crippen LogP contribution in [0.4, 0.5) is 23.7 Å². The van der Waals surface area contributed by atoms with Crippen LogP contribution >= 0.6 is 11.6 Å². The molecule has 4 saturated heterocycles. The molecule has 4 aliphatic heterocycles. The molecule has 3 atom stereocenters. The van der Waals surface area contributed by atoms with Gasteiger partial charge < -0.3 is 19.3 Å². The topological polar surface area (TPSA) is 45.2 Å². The number of carbonyl (C=O) groups excluding carboxylic acids is 1. The molecule has 3 unspecified atom stereocenters. The molecule has 6 nitrogen and oxygen atoms in total. The van der Waals surface area contributed by atoms with Gasteiger partial charge in [0.25, 0.3) is 0 Å². The first-order valence-electron chi connectivity index (χ1n) is 12.6. The SMILES string of the molecule is CC(OC(=O)N1CCC2(CCCN2Cc2cccc(N3C4CCC3COC4)c2Cl)CC1)C(F)(F)F. The van der Waals surface area contributed by atoms with Gasteiger partial charge in [0, 0.05) is 25.2 Å². The van der Waals surface area contributed by atoms with Crippen molar-refractivity contribution in [1.82, 2.24) is 9.80 Å². The van der Waals surface area contributed by atoms with Gasteiger partial charge in [-0.1, -0.05) is 23.7 Å². The third-order valence-electron chi connectivity index (χ3n) is 8.37. The number of amides is 1. The number of piperidine rings is 1. The van der Waals surface area contributed by atoms with E-state index in [4.69, 9.17) is 16.3 Å². The van der Waals surface area contributed by atoms with Crippen molar-refractivity contribution in [2.75, 3.05) is 37.7 Å². The van der Waals surface area contributed by atoms with Crippen LogP contribution in [0, 0.1) is 0 Å². The normalized spacial score (nSPS) is 27.5. The number of benzene rings is 1. The molecule has 0 radical (unpaired) electrons. The molecular formula is C25H33ClF3N3O3. The molecule has 4 heterocycles. The molecule has 0 aliphatic carbocycles. The van der Waals surface area contributed by atoms with E-state index in [-0.39, 0.29) is 5.54 Å². The largest absolute Gasteiger partial charge is 0.437 e. The van der Waals surface area contributed by atoms with Gasteiger partial charge in [0.15, 0.2) is 6.10 Å². The molecule has 10 heteroatoms. The predicted molar refractivity (Wildman–Crippen MR) is 127 cm³/mol. The number of likely N-dealkylation sites (tertiary alicyclic amines) is 2. The number of nitrogens with zero attached hydrogens (tertiary/aromatic N) is 3. The summed E-state index contributed by atoms with van der Waals surface area (Å²) in [5.74, 6) is 0. The number of carbonyl (C=O) groups is 1. The maximum Gasteiger partial charge on any atom is 0.425 e. The van der Waals surface area contributed by atoms with Crippen LogP contribution in [0.2, 0.25) is 5.02 Å². The predicted octanol–water partition coefficient (Wildman–Crippen LogP) is 5.23. The van der Waals surface area contributed by atoms with Crippen LogP contribution in [-0.2, 0) is 16.0 Å². The minimum atomic E-state index is -4.55. The summed E-state index contributed by atoms with van der Waals surface area (Å²) in [5.41, 5.74) is 2.12. The van der Waals surface area contributed by atoms with Crippen LogP contribution in [0.25, 0.3) is 0 Å². The van der Waals surface area contributed by atoms with E-state index in [1.165, 1.54) is 4.90 Å². The molecule has 194 valence electrons. The third-order valence-corrected chi connectivity index (χ3v) is 8.81. The zero-order chi connectivity index (χ0) is 24.8. The quantitative estimate of drug-likeness (QED) is 0.550. The number of rotatable bonds is 4. The van der Waals surface area contributed by atoms with Crippen molar-refractivity contribution in [3.05, 3.63) is 28.8 Å². The maximum atomic E-state index is 12.8. The number of anilines is 1. The molecule has 2 bridgehead atoms. The molecule has 4 aliphatic rings. The highest BCUT2D eigenvalue weighted by Gasteiger charge is 2.46. The Labute approximate surface area is 209 Å². The fraction of sp³-hybridized carbons (Fsp3) is 0.720. The van der Waals surface area contributed by atoms with Crippen molar-refractivity contribution in [3.63, 3.8) is 0 Å². The highest BCUT2D eigenvalue weighted by Crippen LogP contribution is 2.43. The number of hydrogen-bond acceptors (Lipinski definition) is 5. The number of alkyl halides is 3. The van der Waals surface area contributed by atoms with Gasteiger partial charge in [-0.2, -0.15) is 13.2 Å². The van der Waals surface area contributed by atoms with Crippen LogP contribution in [-0.4, -0.2) is 78.6 Å². The first-order valence-corrected chi connectivity index (χ1v) is 13.0. The van der Waals surface area contributed by atoms with Crippen molar-refractivity contribution in [1.29, 1.82) is 0 Å². The van der Waals surface area contributed by atoms with Gasteiger partial charge in [-0.25, -0.2) is 4.79 Å². The summed E-state index contributed by atoms with van der Waals surface area (Å²) < 4.78 is 48.7. The summed E-state index contributed by atoms with van der Waals surface area (Å²) in [7, 11) is 0. The summed E-state index contributed by atoms with van der Waals surface area (Å²) >= 11 is 6.99. The van der Waals surface area contributed by atoms with Gasteiger partial charge in [-0.3, -0.25) is 4.90 Å². The summed E-state index contributed by atoms with van der Waals surface area (Å²) in [4.78, 5) is 18.6. The molecule has 0 aromatic heterocycles. The van der Waals surface area contributed by atoms with Gasteiger partial charge in [-0.05, 0) is 63.6 Å². The second-order valence-electron chi connectivity index (χ2n) is 10.4. The smallest absolute Gasteiger partial charge is 0.425 e. The van der Waals surface area contributed by atoms with E-state index in [2.05, 4.69) is 32.7 Å². The summed E-state index contributed by atoms with van der Waals surface area (Å²) in [5, 5.41) is 0.801. The van der Waals surface area contributed by atoms with E-state index in [1.807, 2.05) is 0 Å². The van der Waals surface area contributed by atoms with Crippen LogP contribution in [0.3, 0.4) is 0 Å². The monoisotopic (exact) mass is 515 g/mol. The average Bonchev–Trinajstić information content (AvgIpc) is 3.30. The lowest BCUT2D eigenvalue weighted by Gasteiger charge is -2.45. The van der Waals surface area contributed by atoms with Crippen LogP contribution in [0.5, 0.6) is 0 Å². The molecule has 0 N–H and O–H groups in total. The molecule has 1 spiro atoms. The number of morpholine rings is 1. The minimum absolute atomic E-state index is 0.0657. The van der Waals surface area contributed by atoms with Crippen molar-refractivity contribution in [2.24, 2.45) is 0 Å². The first kappa shape index (κ1) is 25.0. The minimum Gasteiger partial charge on any atom is -0.437 e. The number of hydrogen-bond donors (Lipinski definition) is 0. The Morgan fingerprint density at radius 1 is 1.17 bits per heavy atom. The Balaban J connectivity index is 1.25. The fourth-order valence-corrected chi connectivity index (χ4v) is 6.60. The lowest BCUT2D eigenvalue weighted by molar-refractivity contribution is -0.200. The van der Waals surface area contributed by atoms with Gasteiger partial charge in [0.1, 0.15) is 0 Å². The molecule has 1 aromatic rings. The van der Waals surface area contributed by atoms with Crippen LogP contribution in [0.1, 0.15) is 51.0 Å². The molecule has 1 amide bonds. The lowest BCUT2D eigenvalue weighted by Crippen LogP contribution is -2.53. The van der Waals surface area contributed by atoms with Gasteiger partial charge >= 0.3 is 12.3 Å². The van der Waals surface area contributed by atoms with E-state index in [1.54, 1.807) is 0 Å². The van der Waals surface area contributed by atoms with E-state index < -0.39 is 18.4 Å². The highest BCUT2D eigenvalue weighted by molar-refractivity contribution is 6.34. The first-order chi connectivity index (χ1) is 16.7. The van der Waals surface area contributed by atoms with E-state index in [9.17, 15) is 18.0 Å². The number of halogens is 4. The molecule has 5 rings (SSSR count). The van der Waals surface area contributed by atoms with Gasteiger partial charge in [-0.15, -0.1) is 0 Å². The van der Waals surface area contributed by atoms with Crippen molar-refractivity contribution < 1.29 is 27.4 Å². The van der Waals surface area contributed by atoms with Crippen molar-refractivity contribution >= 4 is 23.4 Å². The molecule has 35 heavy (non-hydrogen) atoms. The zero-order valence-electron chi connectivity index (χ0n) is 20.0. The van der Waals surface area contributed by atoms with Crippen LogP contribution < -0.4 is 4.90 Å². The fourth-order valence-electron chi connectivity index (χ4n) is 6.32. The average molecular weight is 516 g/mol. The zero-order valence-corrected chi connectivity index (χ0v) is 20.8. The van der Waals surface area contributed by atoms with Gasteiger partial charge in [0.2, 0.25) is 0 Å². The van der Waals surface area contributed by atoms with Gasteiger partial charge in [0.05, 0.1) is 36.0 Å².